The van der Waals surface area contributed by atoms with Crippen molar-refractivity contribution in [3.63, 3.8) is 0 Å². The van der Waals surface area contributed by atoms with Crippen molar-refractivity contribution in [3.8, 4) is 0 Å². The number of hydrogen-bond acceptors (Lipinski definition) is 2. The second-order valence-electron chi connectivity index (χ2n) is 3.18. The van der Waals surface area contributed by atoms with Gasteiger partial charge in [-0.3, -0.25) is 9.98 Å². The molecule has 2 rings (SSSR count). The van der Waals surface area contributed by atoms with E-state index in [0.29, 0.717) is 0 Å². The van der Waals surface area contributed by atoms with Gasteiger partial charge in [-0.2, -0.15) is 0 Å². The highest BCUT2D eigenvalue weighted by molar-refractivity contribution is 6.00. The van der Waals surface area contributed by atoms with Crippen molar-refractivity contribution < 1.29 is 4.39 Å². The predicted octanol–water partition coefficient (Wildman–Crippen LogP) is 2.19. The Kier molecular flexibility index (Phi) is 2.34. The first-order valence-electron chi connectivity index (χ1n) is 4.50. The van der Waals surface area contributed by atoms with Gasteiger partial charge < -0.3 is 0 Å². The van der Waals surface area contributed by atoms with E-state index in [-0.39, 0.29) is 5.82 Å². The lowest BCUT2D eigenvalue weighted by molar-refractivity contribution is 0.620. The quantitative estimate of drug-likeness (QED) is 0.647. The molecule has 2 heterocycles. The summed E-state index contributed by atoms with van der Waals surface area (Å²) in [6.07, 6.45) is 6.13. The molecule has 0 unspecified atom stereocenters. The Morgan fingerprint density at radius 1 is 1.23 bits per heavy atom. The summed E-state index contributed by atoms with van der Waals surface area (Å²) >= 11 is 0. The van der Waals surface area contributed by atoms with E-state index in [1.54, 1.807) is 6.20 Å². The molecule has 0 aliphatic carbocycles. The Morgan fingerprint density at radius 3 is 2.85 bits per heavy atom. The summed E-state index contributed by atoms with van der Waals surface area (Å²) in [5, 5.41) is 0. The van der Waals surface area contributed by atoms with Crippen LogP contribution in [0.25, 0.3) is 0 Å². The van der Waals surface area contributed by atoms with Gasteiger partial charge in [0.25, 0.3) is 0 Å². The molecule has 0 atom stereocenters. The zero-order valence-corrected chi connectivity index (χ0v) is 7.33. The van der Waals surface area contributed by atoms with Gasteiger partial charge >= 0.3 is 0 Å². The molecule has 13 heavy (non-hydrogen) atoms. The van der Waals surface area contributed by atoms with Crippen molar-refractivity contribution in [2.45, 2.75) is 19.3 Å². The summed E-state index contributed by atoms with van der Waals surface area (Å²) in [5.41, 5.74) is 1.83. The molecule has 0 radical (unpaired) electrons. The zero-order valence-electron chi connectivity index (χ0n) is 7.33. The van der Waals surface area contributed by atoms with E-state index < -0.39 is 0 Å². The number of aromatic nitrogens is 1. The van der Waals surface area contributed by atoms with E-state index in [4.69, 9.17) is 0 Å². The molecular weight excluding hydrogens is 167 g/mol. The lowest BCUT2D eigenvalue weighted by atomic mass is 10.0. The van der Waals surface area contributed by atoms with Crippen LogP contribution in [0.3, 0.4) is 0 Å². The largest absolute Gasteiger partial charge is 0.289 e. The van der Waals surface area contributed by atoms with Gasteiger partial charge in [-0.05, 0) is 25.3 Å². The first-order valence-corrected chi connectivity index (χ1v) is 4.50. The fraction of sp³-hybridized carbons (Fsp3) is 0.400. The van der Waals surface area contributed by atoms with Crippen LogP contribution in [0.1, 0.15) is 24.8 Å². The first-order chi connectivity index (χ1) is 6.36. The molecule has 0 N–H and O–H groups in total. The van der Waals surface area contributed by atoms with Crippen LogP contribution in [0.4, 0.5) is 4.39 Å². The predicted molar refractivity (Wildman–Crippen MR) is 49.5 cm³/mol. The highest BCUT2D eigenvalue weighted by Gasteiger charge is 2.08. The Hall–Kier alpha value is -1.25. The van der Waals surface area contributed by atoms with E-state index in [1.807, 2.05) is 0 Å². The van der Waals surface area contributed by atoms with Gasteiger partial charge in [0, 0.05) is 24.0 Å². The molecule has 0 fully saturated rings. The second-order valence-corrected chi connectivity index (χ2v) is 3.18. The summed E-state index contributed by atoms with van der Waals surface area (Å²) in [7, 11) is 0. The second kappa shape index (κ2) is 3.64. The fourth-order valence-electron chi connectivity index (χ4n) is 1.50. The molecule has 0 spiro atoms. The number of nitrogens with zero attached hydrogens (tertiary/aromatic N) is 2. The third-order valence-corrected chi connectivity index (χ3v) is 2.16. The van der Waals surface area contributed by atoms with Crippen LogP contribution in [-0.4, -0.2) is 17.2 Å². The Labute approximate surface area is 76.5 Å². The lowest BCUT2D eigenvalue weighted by Gasteiger charge is -2.10. The van der Waals surface area contributed by atoms with Gasteiger partial charge in [-0.1, -0.05) is 0 Å². The Bertz CT molecular complexity index is 333. The maximum atomic E-state index is 12.8. The molecule has 0 saturated carbocycles. The van der Waals surface area contributed by atoms with Gasteiger partial charge in [0.2, 0.25) is 0 Å². The minimum atomic E-state index is -0.286. The summed E-state index contributed by atoms with van der Waals surface area (Å²) in [6.45, 7) is 0.867. The molecule has 2 nitrogen and oxygen atoms in total. The highest BCUT2D eigenvalue weighted by atomic mass is 19.1. The molecule has 0 bridgehead atoms. The number of aliphatic imine (C=N–C) groups is 1. The highest BCUT2D eigenvalue weighted by Crippen LogP contribution is 2.13. The van der Waals surface area contributed by atoms with Gasteiger partial charge in [0.05, 0.1) is 6.20 Å². The van der Waals surface area contributed by atoms with E-state index in [1.165, 1.54) is 12.3 Å². The maximum Gasteiger partial charge on any atom is 0.142 e. The van der Waals surface area contributed by atoms with Gasteiger partial charge in [0.15, 0.2) is 0 Å². The van der Waals surface area contributed by atoms with Crippen LogP contribution in [0.5, 0.6) is 0 Å². The molecule has 0 saturated heterocycles. The minimum Gasteiger partial charge on any atom is -0.289 e. The third kappa shape index (κ3) is 1.91. The molecule has 0 aromatic carbocycles. The molecule has 0 amide bonds. The van der Waals surface area contributed by atoms with Crippen LogP contribution < -0.4 is 0 Å². The van der Waals surface area contributed by atoms with Crippen LogP contribution in [0.2, 0.25) is 0 Å². The molecule has 1 aliphatic rings. The third-order valence-electron chi connectivity index (χ3n) is 2.16. The molecule has 68 valence electrons. The van der Waals surface area contributed by atoms with Crippen molar-refractivity contribution in [2.75, 3.05) is 6.54 Å². The monoisotopic (exact) mass is 178 g/mol. The standard InChI is InChI=1S/C10H11FN2/c11-9-5-8(6-12-7-9)10-3-1-2-4-13-10/h5-7H,1-4H2. The van der Waals surface area contributed by atoms with Gasteiger partial charge in [0.1, 0.15) is 5.82 Å². The van der Waals surface area contributed by atoms with E-state index in [0.717, 1.165) is 37.1 Å². The van der Waals surface area contributed by atoms with Gasteiger partial charge in [-0.15, -0.1) is 0 Å². The minimum absolute atomic E-state index is 0.286. The van der Waals surface area contributed by atoms with Crippen molar-refractivity contribution in [1.82, 2.24) is 4.98 Å². The van der Waals surface area contributed by atoms with E-state index in [2.05, 4.69) is 9.98 Å². The SMILES string of the molecule is Fc1cncc(C2=NCCCC2)c1. The molecular formula is C10H11FN2. The molecule has 3 heteroatoms. The van der Waals surface area contributed by atoms with E-state index in [9.17, 15) is 4.39 Å². The average Bonchev–Trinajstić information content (AvgIpc) is 2.19. The summed E-state index contributed by atoms with van der Waals surface area (Å²) in [4.78, 5) is 8.15. The molecule has 1 aliphatic heterocycles. The molecule has 1 aromatic heterocycles. The maximum absolute atomic E-state index is 12.8. The van der Waals surface area contributed by atoms with Crippen molar-refractivity contribution in [3.05, 3.63) is 29.8 Å². The van der Waals surface area contributed by atoms with E-state index >= 15 is 0 Å². The summed E-state index contributed by atoms with van der Waals surface area (Å²) in [5.74, 6) is -0.286. The first kappa shape index (κ1) is 8.35. The normalized spacial score (nSPS) is 16.8. The summed E-state index contributed by atoms with van der Waals surface area (Å²) < 4.78 is 12.8. The summed E-state index contributed by atoms with van der Waals surface area (Å²) in [6, 6.07) is 1.50. The van der Waals surface area contributed by atoms with Crippen LogP contribution in [0.15, 0.2) is 23.5 Å². The van der Waals surface area contributed by atoms with Crippen LogP contribution in [-0.2, 0) is 0 Å². The Morgan fingerprint density at radius 2 is 2.15 bits per heavy atom. The molecule has 1 aromatic rings. The van der Waals surface area contributed by atoms with Crippen molar-refractivity contribution >= 4 is 5.71 Å². The van der Waals surface area contributed by atoms with Crippen molar-refractivity contribution in [2.24, 2.45) is 4.99 Å². The fourth-order valence-corrected chi connectivity index (χ4v) is 1.50. The van der Waals surface area contributed by atoms with Crippen LogP contribution in [0, 0.1) is 5.82 Å². The number of halogens is 1. The smallest absolute Gasteiger partial charge is 0.142 e. The van der Waals surface area contributed by atoms with Gasteiger partial charge in [-0.25, -0.2) is 4.39 Å². The zero-order chi connectivity index (χ0) is 9.10. The topological polar surface area (TPSA) is 25.2 Å². The number of hydrogen-bond donors (Lipinski definition) is 0. The average molecular weight is 178 g/mol. The van der Waals surface area contributed by atoms with Crippen LogP contribution >= 0.6 is 0 Å². The number of rotatable bonds is 1. The Balaban J connectivity index is 2.29. The number of pyridine rings is 1. The van der Waals surface area contributed by atoms with Crippen molar-refractivity contribution in [1.29, 1.82) is 0 Å². The lowest BCUT2D eigenvalue weighted by Crippen LogP contribution is -2.08.